The number of ether oxygens (including phenoxy) is 1. The minimum atomic E-state index is -0.616. The van der Waals surface area contributed by atoms with Crippen LogP contribution in [0.2, 0.25) is 0 Å². The lowest BCUT2D eigenvalue weighted by atomic mass is 10.1. The maximum absolute atomic E-state index is 13.3. The Hall–Kier alpha value is -2.48. The summed E-state index contributed by atoms with van der Waals surface area (Å²) >= 11 is 0.930. The molecule has 0 amide bonds. The number of carbonyl (C=O) groups is 1. The summed E-state index contributed by atoms with van der Waals surface area (Å²) in [5, 5.41) is 11.0. The minimum absolute atomic E-state index is 0.0762. The molecule has 2 rings (SSSR count). The third-order valence-corrected chi connectivity index (χ3v) is 3.81. The van der Waals surface area contributed by atoms with Crippen LogP contribution in [0.1, 0.15) is 16.6 Å². The van der Waals surface area contributed by atoms with Crippen molar-refractivity contribution in [2.45, 2.75) is 6.92 Å². The predicted octanol–water partition coefficient (Wildman–Crippen LogP) is 3.22. The average molecular weight is 310 g/mol. The maximum Gasteiger partial charge on any atom is 0.350 e. The number of esters is 1. The highest BCUT2D eigenvalue weighted by Gasteiger charge is 2.22. The summed E-state index contributed by atoms with van der Waals surface area (Å²) in [4.78, 5) is 22.6. The van der Waals surface area contributed by atoms with Crippen molar-refractivity contribution in [3.8, 4) is 10.4 Å². The van der Waals surface area contributed by atoms with Crippen LogP contribution in [-0.2, 0) is 4.74 Å². The van der Waals surface area contributed by atoms with E-state index in [-0.39, 0.29) is 28.4 Å². The van der Waals surface area contributed by atoms with Crippen LogP contribution in [0, 0.1) is 15.9 Å². The highest BCUT2D eigenvalue weighted by atomic mass is 32.1. The molecule has 0 bridgehead atoms. The quantitative estimate of drug-likeness (QED) is 0.531. The van der Waals surface area contributed by atoms with Crippen LogP contribution >= 0.6 is 11.3 Å². The van der Waals surface area contributed by atoms with E-state index in [0.29, 0.717) is 4.88 Å². The SMILES string of the molecule is CCOC(=O)c1sc(-c2cc(F)ccc2[N+](=O)[O-])cc1N. The van der Waals surface area contributed by atoms with Gasteiger partial charge >= 0.3 is 5.97 Å². The summed E-state index contributed by atoms with van der Waals surface area (Å²) in [5.41, 5.74) is 5.69. The van der Waals surface area contributed by atoms with Gasteiger partial charge in [-0.3, -0.25) is 10.1 Å². The number of nitro groups is 1. The van der Waals surface area contributed by atoms with Crippen molar-refractivity contribution in [1.82, 2.24) is 0 Å². The van der Waals surface area contributed by atoms with Crippen molar-refractivity contribution in [3.63, 3.8) is 0 Å². The van der Waals surface area contributed by atoms with Gasteiger partial charge in [-0.25, -0.2) is 9.18 Å². The number of nitrogens with zero attached hydrogens (tertiary/aromatic N) is 1. The number of nitrogen functional groups attached to an aromatic ring is 1. The van der Waals surface area contributed by atoms with Gasteiger partial charge in [0, 0.05) is 10.9 Å². The van der Waals surface area contributed by atoms with Gasteiger partial charge in [0.1, 0.15) is 10.7 Å². The second-order valence-corrected chi connectivity index (χ2v) is 5.09. The van der Waals surface area contributed by atoms with Gasteiger partial charge in [-0.05, 0) is 25.1 Å². The number of benzene rings is 1. The molecule has 0 saturated carbocycles. The van der Waals surface area contributed by atoms with Crippen LogP contribution in [0.5, 0.6) is 0 Å². The monoisotopic (exact) mass is 310 g/mol. The summed E-state index contributed by atoms with van der Waals surface area (Å²) in [6.45, 7) is 1.84. The van der Waals surface area contributed by atoms with Gasteiger partial charge < -0.3 is 10.5 Å². The highest BCUT2D eigenvalue weighted by molar-refractivity contribution is 7.18. The third kappa shape index (κ3) is 3.00. The van der Waals surface area contributed by atoms with E-state index in [1.165, 1.54) is 6.07 Å². The summed E-state index contributed by atoms with van der Waals surface area (Å²) in [6, 6.07) is 4.52. The Balaban J connectivity index is 2.53. The fraction of sp³-hybridized carbons (Fsp3) is 0.154. The Morgan fingerprint density at radius 3 is 2.81 bits per heavy atom. The van der Waals surface area contributed by atoms with Crippen molar-refractivity contribution in [1.29, 1.82) is 0 Å². The fourth-order valence-electron chi connectivity index (χ4n) is 1.76. The van der Waals surface area contributed by atoms with Crippen molar-refractivity contribution in [2.75, 3.05) is 12.3 Å². The zero-order chi connectivity index (χ0) is 15.6. The molecule has 6 nitrogen and oxygen atoms in total. The van der Waals surface area contributed by atoms with Crippen LogP contribution in [0.25, 0.3) is 10.4 Å². The first kappa shape index (κ1) is 14.9. The number of carbonyl (C=O) groups excluding carboxylic acids is 1. The zero-order valence-electron chi connectivity index (χ0n) is 11.0. The number of thiophene rings is 1. The first-order valence-corrected chi connectivity index (χ1v) is 6.76. The Morgan fingerprint density at radius 1 is 1.48 bits per heavy atom. The molecule has 1 aromatic carbocycles. The molecule has 0 spiro atoms. The van der Waals surface area contributed by atoms with Gasteiger partial charge in [0.2, 0.25) is 0 Å². The molecule has 1 aromatic heterocycles. The lowest BCUT2D eigenvalue weighted by molar-refractivity contribution is -0.384. The van der Waals surface area contributed by atoms with Gasteiger partial charge in [0.15, 0.2) is 0 Å². The first-order valence-electron chi connectivity index (χ1n) is 5.94. The van der Waals surface area contributed by atoms with E-state index in [4.69, 9.17) is 10.5 Å². The number of rotatable bonds is 4. The molecule has 0 aliphatic carbocycles. The van der Waals surface area contributed by atoms with E-state index in [1.807, 2.05) is 0 Å². The van der Waals surface area contributed by atoms with Gasteiger partial charge in [0.05, 0.1) is 22.8 Å². The smallest absolute Gasteiger partial charge is 0.350 e. The molecule has 2 aromatic rings. The van der Waals surface area contributed by atoms with Crippen LogP contribution < -0.4 is 5.73 Å². The zero-order valence-corrected chi connectivity index (χ0v) is 11.8. The molecule has 21 heavy (non-hydrogen) atoms. The molecule has 0 radical (unpaired) electrons. The van der Waals surface area contributed by atoms with Crippen molar-refractivity contribution in [2.24, 2.45) is 0 Å². The molecule has 0 aliphatic rings. The number of halogens is 1. The predicted molar refractivity (Wildman–Crippen MR) is 76.7 cm³/mol. The lowest BCUT2D eigenvalue weighted by Crippen LogP contribution is -2.04. The van der Waals surface area contributed by atoms with E-state index in [0.717, 1.165) is 29.5 Å². The number of hydrogen-bond donors (Lipinski definition) is 1. The Labute approximate surface area is 123 Å². The number of anilines is 1. The first-order chi connectivity index (χ1) is 9.93. The summed E-state index contributed by atoms with van der Waals surface area (Å²) in [5.74, 6) is -1.22. The van der Waals surface area contributed by atoms with Gasteiger partial charge in [-0.1, -0.05) is 0 Å². The number of nitro benzene ring substituents is 1. The standard InChI is InChI=1S/C13H11FN2O4S/c1-2-20-13(17)12-9(15)6-11(21-12)8-5-7(14)3-4-10(8)16(18)19/h3-6H,2,15H2,1H3. The molecular weight excluding hydrogens is 299 g/mol. The van der Waals surface area contributed by atoms with Gasteiger partial charge in [0.25, 0.3) is 5.69 Å². The summed E-state index contributed by atoms with van der Waals surface area (Å²) in [7, 11) is 0. The third-order valence-electron chi connectivity index (χ3n) is 2.64. The summed E-state index contributed by atoms with van der Waals surface area (Å²) in [6.07, 6.45) is 0. The van der Waals surface area contributed by atoms with Crippen LogP contribution in [0.15, 0.2) is 24.3 Å². The number of hydrogen-bond acceptors (Lipinski definition) is 6. The molecule has 110 valence electrons. The molecule has 0 aliphatic heterocycles. The normalized spacial score (nSPS) is 10.4. The number of nitrogens with two attached hydrogens (primary N) is 1. The Kier molecular flexibility index (Phi) is 4.18. The highest BCUT2D eigenvalue weighted by Crippen LogP contribution is 2.38. The van der Waals surface area contributed by atoms with Crippen LogP contribution in [0.4, 0.5) is 15.8 Å². The molecule has 1 heterocycles. The van der Waals surface area contributed by atoms with Crippen LogP contribution in [-0.4, -0.2) is 17.5 Å². The fourth-order valence-corrected chi connectivity index (χ4v) is 2.76. The molecule has 0 atom stereocenters. The van der Waals surface area contributed by atoms with E-state index >= 15 is 0 Å². The largest absolute Gasteiger partial charge is 0.462 e. The second kappa shape index (κ2) is 5.88. The van der Waals surface area contributed by atoms with Crippen LogP contribution in [0.3, 0.4) is 0 Å². The Morgan fingerprint density at radius 2 is 2.19 bits per heavy atom. The van der Waals surface area contributed by atoms with Crippen molar-refractivity contribution in [3.05, 3.63) is 45.1 Å². The molecule has 0 saturated heterocycles. The van der Waals surface area contributed by atoms with E-state index in [2.05, 4.69) is 0 Å². The molecule has 8 heteroatoms. The molecule has 2 N–H and O–H groups in total. The topological polar surface area (TPSA) is 95.5 Å². The Bertz CT molecular complexity index is 714. The molecule has 0 unspecified atom stereocenters. The van der Waals surface area contributed by atoms with Gasteiger partial charge in [-0.2, -0.15) is 0 Å². The van der Waals surface area contributed by atoms with Crippen molar-refractivity contribution < 1.29 is 18.8 Å². The van der Waals surface area contributed by atoms with Gasteiger partial charge in [-0.15, -0.1) is 11.3 Å². The lowest BCUT2D eigenvalue weighted by Gasteiger charge is -2.00. The van der Waals surface area contributed by atoms with E-state index in [9.17, 15) is 19.3 Å². The molecule has 0 fully saturated rings. The van der Waals surface area contributed by atoms with E-state index in [1.54, 1.807) is 6.92 Å². The average Bonchev–Trinajstić information content (AvgIpc) is 2.80. The van der Waals surface area contributed by atoms with E-state index < -0.39 is 16.7 Å². The minimum Gasteiger partial charge on any atom is -0.462 e. The molecular formula is C13H11FN2O4S. The maximum atomic E-state index is 13.3. The second-order valence-electron chi connectivity index (χ2n) is 4.03. The van der Waals surface area contributed by atoms with Crippen molar-refractivity contribution >= 4 is 28.7 Å². The summed E-state index contributed by atoms with van der Waals surface area (Å²) < 4.78 is 18.2.